The van der Waals surface area contributed by atoms with E-state index in [1.807, 2.05) is 42.5 Å². The van der Waals surface area contributed by atoms with Crippen LogP contribution in [0.15, 0.2) is 66.7 Å². The Bertz CT molecular complexity index is 1180. The molecule has 5 heteroatoms. The molecule has 1 aliphatic heterocycles. The van der Waals surface area contributed by atoms with Gasteiger partial charge in [0.05, 0.1) is 24.9 Å². The summed E-state index contributed by atoms with van der Waals surface area (Å²) in [5.74, 6) is 0.528. The van der Waals surface area contributed by atoms with Gasteiger partial charge in [-0.05, 0) is 78.8 Å². The second-order valence-electron chi connectivity index (χ2n) is 9.96. The lowest BCUT2D eigenvalue weighted by atomic mass is 9.73. The van der Waals surface area contributed by atoms with Crippen molar-refractivity contribution in [1.82, 2.24) is 0 Å². The molecule has 1 saturated carbocycles. The van der Waals surface area contributed by atoms with Gasteiger partial charge in [0.2, 0.25) is 0 Å². The van der Waals surface area contributed by atoms with Crippen LogP contribution in [0.3, 0.4) is 0 Å². The summed E-state index contributed by atoms with van der Waals surface area (Å²) in [4.78, 5) is 13.3. The summed E-state index contributed by atoms with van der Waals surface area (Å²) in [7, 11) is 0. The first-order valence-electron chi connectivity index (χ1n) is 11.7. The fourth-order valence-electron chi connectivity index (χ4n) is 4.45. The molecule has 1 aliphatic carbocycles. The van der Waals surface area contributed by atoms with E-state index in [1.54, 1.807) is 26.0 Å². The summed E-state index contributed by atoms with van der Waals surface area (Å²) < 4.78 is 24.6. The molecule has 1 N–H and O–H groups in total. The summed E-state index contributed by atoms with van der Waals surface area (Å²) in [6.45, 7) is 4.23. The molecule has 0 spiro atoms. The van der Waals surface area contributed by atoms with Gasteiger partial charge in [0.25, 0.3) is 0 Å². The highest BCUT2D eigenvalue weighted by atomic mass is 19.1. The second-order valence-corrected chi connectivity index (χ2v) is 9.96. The van der Waals surface area contributed by atoms with E-state index in [2.05, 4.69) is 0 Å². The normalized spacial score (nSPS) is 17.2. The first-order chi connectivity index (χ1) is 16.2. The fraction of sp³-hybridized carbons (Fsp3) is 0.345. The molecule has 0 radical (unpaired) electrons. The Balaban J connectivity index is 1.41. The maximum atomic E-state index is 13.3. The molecule has 3 aromatic rings. The molecule has 1 heterocycles. The zero-order valence-corrected chi connectivity index (χ0v) is 19.5. The van der Waals surface area contributed by atoms with Gasteiger partial charge in [-0.2, -0.15) is 0 Å². The Morgan fingerprint density at radius 1 is 1.06 bits per heavy atom. The highest BCUT2D eigenvalue weighted by Crippen LogP contribution is 2.39. The van der Waals surface area contributed by atoms with Crippen molar-refractivity contribution >= 4 is 5.78 Å². The van der Waals surface area contributed by atoms with Crippen LogP contribution in [0.5, 0.6) is 5.75 Å². The lowest BCUT2D eigenvalue weighted by Crippen LogP contribution is -2.53. The quantitative estimate of drug-likeness (QED) is 0.493. The molecule has 5 rings (SSSR count). The molecule has 2 fully saturated rings. The summed E-state index contributed by atoms with van der Waals surface area (Å²) in [5, 5.41) is 10.8. The fourth-order valence-corrected chi connectivity index (χ4v) is 4.45. The smallest absolute Gasteiger partial charge is 0.152 e. The summed E-state index contributed by atoms with van der Waals surface area (Å²) in [5.41, 5.74) is 2.66. The second kappa shape index (κ2) is 8.64. The van der Waals surface area contributed by atoms with Crippen molar-refractivity contribution in [2.75, 3.05) is 13.2 Å². The number of aliphatic hydroxyl groups is 1. The molecule has 0 unspecified atom stereocenters. The Kier molecular flexibility index (Phi) is 5.78. The van der Waals surface area contributed by atoms with Crippen LogP contribution in [0.25, 0.3) is 11.1 Å². The van der Waals surface area contributed by atoms with Crippen molar-refractivity contribution in [2.45, 2.75) is 50.2 Å². The number of benzene rings is 3. The summed E-state index contributed by atoms with van der Waals surface area (Å²) in [6.07, 6.45) is 2.67. The highest BCUT2D eigenvalue weighted by Gasteiger charge is 2.46. The van der Waals surface area contributed by atoms with Gasteiger partial charge in [-0.25, -0.2) is 4.39 Å². The third kappa shape index (κ3) is 4.50. The third-order valence-corrected chi connectivity index (χ3v) is 6.73. The molecule has 2 aliphatic rings. The van der Waals surface area contributed by atoms with Gasteiger partial charge >= 0.3 is 0 Å². The van der Waals surface area contributed by atoms with Crippen molar-refractivity contribution in [3.05, 3.63) is 89.2 Å². The van der Waals surface area contributed by atoms with Gasteiger partial charge in [0, 0.05) is 6.42 Å². The number of halogens is 1. The van der Waals surface area contributed by atoms with E-state index in [1.165, 1.54) is 12.1 Å². The van der Waals surface area contributed by atoms with E-state index >= 15 is 0 Å². The monoisotopic (exact) mass is 460 g/mol. The van der Waals surface area contributed by atoms with Crippen LogP contribution in [0, 0.1) is 5.82 Å². The first-order valence-corrected chi connectivity index (χ1v) is 11.7. The van der Waals surface area contributed by atoms with E-state index in [-0.39, 0.29) is 24.1 Å². The lowest BCUT2D eigenvalue weighted by molar-refractivity contribution is -0.142. The summed E-state index contributed by atoms with van der Waals surface area (Å²) in [6, 6.07) is 19.9. The molecule has 0 amide bonds. The van der Waals surface area contributed by atoms with Crippen molar-refractivity contribution < 1.29 is 23.8 Å². The number of ketones is 1. The minimum absolute atomic E-state index is 0.0665. The average molecular weight is 461 g/mol. The van der Waals surface area contributed by atoms with Crippen LogP contribution >= 0.6 is 0 Å². The van der Waals surface area contributed by atoms with Gasteiger partial charge in [0.15, 0.2) is 5.78 Å². The van der Waals surface area contributed by atoms with Crippen LogP contribution in [0.1, 0.15) is 43.4 Å². The van der Waals surface area contributed by atoms with Crippen LogP contribution in [0.4, 0.5) is 4.39 Å². The van der Waals surface area contributed by atoms with Crippen LogP contribution in [0.2, 0.25) is 0 Å². The lowest BCUT2D eigenvalue weighted by Gasteiger charge is -2.40. The number of carbonyl (C=O) groups excluding carboxylic acids is 1. The van der Waals surface area contributed by atoms with E-state index in [4.69, 9.17) is 9.47 Å². The molecule has 3 aromatic carbocycles. The van der Waals surface area contributed by atoms with Gasteiger partial charge in [-0.15, -0.1) is 0 Å². The van der Waals surface area contributed by atoms with Crippen LogP contribution in [-0.4, -0.2) is 30.2 Å². The van der Waals surface area contributed by atoms with E-state index in [0.717, 1.165) is 46.4 Å². The zero-order chi connectivity index (χ0) is 23.9. The molecule has 0 aromatic heterocycles. The predicted octanol–water partition coefficient (Wildman–Crippen LogP) is 5.34. The van der Waals surface area contributed by atoms with E-state index < -0.39 is 11.0 Å². The molecular formula is C29H29FO4. The van der Waals surface area contributed by atoms with Crippen LogP contribution in [-0.2, 0) is 27.0 Å². The minimum atomic E-state index is -1.04. The molecule has 176 valence electrons. The Labute approximate surface area is 199 Å². The van der Waals surface area contributed by atoms with Gasteiger partial charge in [0.1, 0.15) is 17.0 Å². The highest BCUT2D eigenvalue weighted by molar-refractivity contribution is 5.93. The molecular weight excluding hydrogens is 431 g/mol. The maximum absolute atomic E-state index is 13.3. The van der Waals surface area contributed by atoms with Crippen molar-refractivity contribution in [1.29, 1.82) is 0 Å². The number of hydrogen-bond donors (Lipinski definition) is 1. The SMILES string of the molecule is CC(C)(O)c1cc(OC2CC2)ccc1-c1ccc(C2(C(=O)Cc3ccc(F)cc3)COC2)cc1. The number of hydrogen-bond acceptors (Lipinski definition) is 4. The molecule has 1 saturated heterocycles. The van der Waals surface area contributed by atoms with Gasteiger partial charge in [-0.3, -0.25) is 4.79 Å². The maximum Gasteiger partial charge on any atom is 0.152 e. The van der Waals surface area contributed by atoms with E-state index in [0.29, 0.717) is 13.2 Å². The minimum Gasteiger partial charge on any atom is -0.490 e. The Morgan fingerprint density at radius 2 is 1.74 bits per heavy atom. The third-order valence-electron chi connectivity index (χ3n) is 6.73. The number of rotatable bonds is 8. The standard InChI is InChI=1S/C29H29FO4/c1-28(2,32)26-16-24(34-23-11-12-23)13-14-25(26)20-5-7-21(8-6-20)29(17-33-18-29)27(31)15-19-3-9-22(30)10-4-19/h3-10,13-14,16,23,32H,11-12,15,17-18H2,1-2H3. The zero-order valence-electron chi connectivity index (χ0n) is 19.5. The van der Waals surface area contributed by atoms with E-state index in [9.17, 15) is 14.3 Å². The first kappa shape index (κ1) is 22.8. The number of ether oxygens (including phenoxy) is 2. The van der Waals surface area contributed by atoms with Gasteiger partial charge in [-0.1, -0.05) is 42.5 Å². The Hall–Kier alpha value is -3.02. The van der Waals surface area contributed by atoms with Gasteiger partial charge < -0.3 is 14.6 Å². The number of carbonyl (C=O) groups is 1. The molecule has 0 bridgehead atoms. The topological polar surface area (TPSA) is 55.8 Å². The van der Waals surface area contributed by atoms with Crippen molar-refractivity contribution in [2.24, 2.45) is 0 Å². The average Bonchev–Trinajstić information content (AvgIpc) is 3.59. The molecule has 4 nitrogen and oxygen atoms in total. The summed E-state index contributed by atoms with van der Waals surface area (Å²) >= 11 is 0. The van der Waals surface area contributed by atoms with Crippen molar-refractivity contribution in [3.63, 3.8) is 0 Å². The predicted molar refractivity (Wildman–Crippen MR) is 128 cm³/mol. The molecule has 34 heavy (non-hydrogen) atoms. The van der Waals surface area contributed by atoms with Crippen molar-refractivity contribution in [3.8, 4) is 16.9 Å². The Morgan fingerprint density at radius 3 is 2.29 bits per heavy atom. The molecule has 0 atom stereocenters. The number of Topliss-reactive ketones (excluding diaryl/α,β-unsaturated/α-hetero) is 1. The largest absolute Gasteiger partial charge is 0.490 e. The van der Waals surface area contributed by atoms with Crippen LogP contribution < -0.4 is 4.74 Å².